The van der Waals surface area contributed by atoms with E-state index in [1.165, 1.54) is 16.5 Å². The second kappa shape index (κ2) is 5.25. The average Bonchev–Trinajstić information content (AvgIpc) is 2.66. The second-order valence-corrected chi connectivity index (χ2v) is 5.64. The predicted molar refractivity (Wildman–Crippen MR) is 80.8 cm³/mol. The summed E-state index contributed by atoms with van der Waals surface area (Å²) < 4.78 is 7.67. The minimum atomic E-state index is 0.384. The summed E-state index contributed by atoms with van der Waals surface area (Å²) in [5, 5.41) is 1.27. The molecule has 2 aromatic rings. The maximum Gasteiger partial charge on any atom is 0.143 e. The van der Waals surface area contributed by atoms with Crippen molar-refractivity contribution in [2.75, 3.05) is 13.7 Å². The van der Waals surface area contributed by atoms with E-state index in [-0.39, 0.29) is 0 Å². The molecule has 0 saturated carbocycles. The molecule has 3 nitrogen and oxygen atoms in total. The van der Waals surface area contributed by atoms with Crippen LogP contribution >= 0.6 is 0 Å². The Kier molecular flexibility index (Phi) is 3.85. The first-order valence-electron chi connectivity index (χ1n) is 6.83. The Morgan fingerprint density at radius 1 is 1.32 bits per heavy atom. The molecule has 0 aliphatic rings. The van der Waals surface area contributed by atoms with E-state index in [2.05, 4.69) is 50.7 Å². The molecule has 0 aliphatic carbocycles. The van der Waals surface area contributed by atoms with Gasteiger partial charge in [0.25, 0.3) is 0 Å². The maximum absolute atomic E-state index is 5.97. The van der Waals surface area contributed by atoms with Gasteiger partial charge >= 0.3 is 0 Å². The molecule has 2 N–H and O–H groups in total. The van der Waals surface area contributed by atoms with E-state index in [0.717, 1.165) is 11.3 Å². The van der Waals surface area contributed by atoms with E-state index < -0.39 is 0 Å². The van der Waals surface area contributed by atoms with Gasteiger partial charge in [-0.2, -0.15) is 0 Å². The molecule has 0 aliphatic heterocycles. The first-order valence-corrected chi connectivity index (χ1v) is 6.83. The Morgan fingerprint density at radius 2 is 2.00 bits per heavy atom. The van der Waals surface area contributed by atoms with E-state index in [4.69, 9.17) is 10.5 Å². The molecule has 0 bridgehead atoms. The van der Waals surface area contributed by atoms with Crippen molar-refractivity contribution in [2.45, 2.75) is 26.7 Å². The summed E-state index contributed by atoms with van der Waals surface area (Å²) in [7, 11) is 3.79. The largest absolute Gasteiger partial charge is 0.495 e. The molecule has 1 aromatic carbocycles. The van der Waals surface area contributed by atoms with E-state index >= 15 is 0 Å². The van der Waals surface area contributed by atoms with Gasteiger partial charge in [0.1, 0.15) is 5.75 Å². The number of methoxy groups -OCH3 is 1. The topological polar surface area (TPSA) is 40.2 Å². The summed E-state index contributed by atoms with van der Waals surface area (Å²) >= 11 is 0. The number of aromatic nitrogens is 1. The van der Waals surface area contributed by atoms with Crippen molar-refractivity contribution in [3.63, 3.8) is 0 Å². The lowest BCUT2D eigenvalue weighted by Crippen LogP contribution is -2.17. The Labute approximate surface area is 115 Å². The number of nitrogens with two attached hydrogens (primary N) is 1. The highest BCUT2D eigenvalue weighted by molar-refractivity contribution is 5.90. The third kappa shape index (κ3) is 2.35. The molecule has 104 valence electrons. The minimum absolute atomic E-state index is 0.384. The van der Waals surface area contributed by atoms with Gasteiger partial charge in [-0.25, -0.2) is 0 Å². The third-order valence-electron chi connectivity index (χ3n) is 3.89. The molecule has 1 unspecified atom stereocenters. The van der Waals surface area contributed by atoms with Crippen LogP contribution in [0.3, 0.4) is 0 Å². The van der Waals surface area contributed by atoms with Crippen LogP contribution in [-0.4, -0.2) is 18.2 Å². The molecule has 1 heterocycles. The van der Waals surface area contributed by atoms with Gasteiger partial charge in [-0.1, -0.05) is 13.8 Å². The summed E-state index contributed by atoms with van der Waals surface area (Å²) in [6.07, 6.45) is 2.20. The number of hydrogen-bond acceptors (Lipinski definition) is 2. The SMILES string of the molecule is COc1cc(C)cc2c(C(CN)C(C)C)cn(C)c12. The molecule has 1 atom stereocenters. The lowest BCUT2D eigenvalue weighted by Gasteiger charge is -2.18. The summed E-state index contributed by atoms with van der Waals surface area (Å²) in [6, 6.07) is 4.32. The van der Waals surface area contributed by atoms with Crippen molar-refractivity contribution in [2.24, 2.45) is 18.7 Å². The number of ether oxygens (including phenoxy) is 1. The van der Waals surface area contributed by atoms with Crippen LogP contribution in [0.4, 0.5) is 0 Å². The molecule has 2 rings (SSSR count). The van der Waals surface area contributed by atoms with Crippen molar-refractivity contribution in [1.82, 2.24) is 4.57 Å². The van der Waals surface area contributed by atoms with Crippen LogP contribution in [0.2, 0.25) is 0 Å². The van der Waals surface area contributed by atoms with Crippen molar-refractivity contribution in [3.05, 3.63) is 29.5 Å². The van der Waals surface area contributed by atoms with E-state index in [0.29, 0.717) is 18.4 Å². The van der Waals surface area contributed by atoms with Crippen molar-refractivity contribution >= 4 is 10.9 Å². The molecule has 3 heteroatoms. The van der Waals surface area contributed by atoms with Crippen LogP contribution in [0.1, 0.15) is 30.9 Å². The molecular formula is C16H24N2O. The van der Waals surface area contributed by atoms with E-state index in [9.17, 15) is 0 Å². The number of fused-ring (bicyclic) bond motifs is 1. The Balaban J connectivity index is 2.73. The summed E-state index contributed by atoms with van der Waals surface area (Å²) in [6.45, 7) is 7.23. The predicted octanol–water partition coefficient (Wildman–Crippen LogP) is 3.19. The molecule has 1 aromatic heterocycles. The van der Waals surface area contributed by atoms with E-state index in [1.807, 2.05) is 0 Å². The van der Waals surface area contributed by atoms with Gasteiger partial charge in [0, 0.05) is 24.5 Å². The minimum Gasteiger partial charge on any atom is -0.495 e. The number of benzene rings is 1. The molecule has 0 fully saturated rings. The molecule has 0 radical (unpaired) electrons. The van der Waals surface area contributed by atoms with Crippen molar-refractivity contribution in [1.29, 1.82) is 0 Å². The molecule has 0 saturated heterocycles. The highest BCUT2D eigenvalue weighted by Gasteiger charge is 2.20. The fraction of sp³-hybridized carbons (Fsp3) is 0.500. The number of rotatable bonds is 4. The molecular weight excluding hydrogens is 236 g/mol. The van der Waals surface area contributed by atoms with Crippen molar-refractivity contribution in [3.8, 4) is 5.75 Å². The average molecular weight is 260 g/mol. The highest BCUT2D eigenvalue weighted by atomic mass is 16.5. The van der Waals surface area contributed by atoms with Crippen LogP contribution in [0.5, 0.6) is 5.75 Å². The van der Waals surface area contributed by atoms with Gasteiger partial charge in [-0.3, -0.25) is 0 Å². The standard InChI is InChI=1S/C16H24N2O/c1-10(2)13(8-17)14-9-18(4)16-12(14)6-11(3)7-15(16)19-5/h6-7,9-10,13H,8,17H2,1-5H3. The quantitative estimate of drug-likeness (QED) is 0.917. The lowest BCUT2D eigenvalue weighted by atomic mass is 9.88. The monoisotopic (exact) mass is 260 g/mol. The van der Waals surface area contributed by atoms with Gasteiger partial charge in [0.05, 0.1) is 12.6 Å². The molecule has 0 spiro atoms. The van der Waals surface area contributed by atoms with Gasteiger partial charge in [-0.05, 0) is 42.6 Å². The normalized spacial score (nSPS) is 13.2. The fourth-order valence-corrected chi connectivity index (χ4v) is 2.88. The van der Waals surface area contributed by atoms with Gasteiger partial charge in [0.15, 0.2) is 0 Å². The van der Waals surface area contributed by atoms with Crippen LogP contribution < -0.4 is 10.5 Å². The number of aryl methyl sites for hydroxylation is 2. The second-order valence-electron chi connectivity index (χ2n) is 5.64. The third-order valence-corrected chi connectivity index (χ3v) is 3.89. The summed E-state index contributed by atoms with van der Waals surface area (Å²) in [5.41, 5.74) is 9.68. The lowest BCUT2D eigenvalue weighted by molar-refractivity contribution is 0.417. The summed E-state index contributed by atoms with van der Waals surface area (Å²) in [4.78, 5) is 0. The Morgan fingerprint density at radius 3 is 2.53 bits per heavy atom. The fourth-order valence-electron chi connectivity index (χ4n) is 2.88. The summed E-state index contributed by atoms with van der Waals surface area (Å²) in [5.74, 6) is 1.85. The van der Waals surface area contributed by atoms with Gasteiger partial charge in [-0.15, -0.1) is 0 Å². The Bertz CT molecular complexity index is 584. The first-order chi connectivity index (χ1) is 8.99. The van der Waals surface area contributed by atoms with Crippen LogP contribution in [0.25, 0.3) is 10.9 Å². The molecule has 0 amide bonds. The zero-order chi connectivity index (χ0) is 14.2. The van der Waals surface area contributed by atoms with Gasteiger partial charge in [0.2, 0.25) is 0 Å². The number of hydrogen-bond donors (Lipinski definition) is 1. The highest BCUT2D eigenvalue weighted by Crippen LogP contribution is 2.36. The first kappa shape index (κ1) is 13.9. The zero-order valence-electron chi connectivity index (χ0n) is 12.5. The smallest absolute Gasteiger partial charge is 0.143 e. The van der Waals surface area contributed by atoms with Crippen molar-refractivity contribution < 1.29 is 4.74 Å². The zero-order valence-corrected chi connectivity index (χ0v) is 12.5. The van der Waals surface area contributed by atoms with Crippen LogP contribution in [-0.2, 0) is 7.05 Å². The van der Waals surface area contributed by atoms with Crippen LogP contribution in [0.15, 0.2) is 18.3 Å². The maximum atomic E-state index is 5.97. The molecule has 19 heavy (non-hydrogen) atoms. The van der Waals surface area contributed by atoms with Gasteiger partial charge < -0.3 is 15.0 Å². The number of nitrogens with zero attached hydrogens (tertiary/aromatic N) is 1. The Hall–Kier alpha value is -1.48. The van der Waals surface area contributed by atoms with E-state index in [1.54, 1.807) is 7.11 Å². The van der Waals surface area contributed by atoms with Crippen LogP contribution in [0, 0.1) is 12.8 Å².